The Labute approximate surface area is 120 Å². The first-order valence-electron chi connectivity index (χ1n) is 7.27. The largest absolute Gasteiger partial charge is 0.315 e. The summed E-state index contributed by atoms with van der Waals surface area (Å²) in [7, 11) is 3.69. The number of nitrogens with one attached hydrogen (secondary N) is 1. The van der Waals surface area contributed by atoms with Crippen LogP contribution in [-0.2, 0) is 4.79 Å². The van der Waals surface area contributed by atoms with Crippen molar-refractivity contribution in [2.75, 3.05) is 19.0 Å². The SMILES string of the molecule is CNC1(CC(=O)N(C)c2ccc(F)cc2)CCCCC1. The van der Waals surface area contributed by atoms with Crippen LogP contribution in [0.15, 0.2) is 24.3 Å². The van der Waals surface area contributed by atoms with E-state index >= 15 is 0 Å². The summed E-state index contributed by atoms with van der Waals surface area (Å²) >= 11 is 0. The smallest absolute Gasteiger partial charge is 0.228 e. The topological polar surface area (TPSA) is 32.3 Å². The second kappa shape index (κ2) is 6.35. The van der Waals surface area contributed by atoms with E-state index in [2.05, 4.69) is 5.32 Å². The minimum Gasteiger partial charge on any atom is -0.315 e. The van der Waals surface area contributed by atoms with Gasteiger partial charge in [-0.3, -0.25) is 4.79 Å². The first kappa shape index (κ1) is 15.0. The Hall–Kier alpha value is -1.42. The zero-order chi connectivity index (χ0) is 14.6. The number of halogens is 1. The molecular weight excluding hydrogens is 255 g/mol. The van der Waals surface area contributed by atoms with Crippen LogP contribution in [0.5, 0.6) is 0 Å². The van der Waals surface area contributed by atoms with Crippen molar-refractivity contribution in [3.63, 3.8) is 0 Å². The van der Waals surface area contributed by atoms with E-state index in [1.54, 1.807) is 24.1 Å². The van der Waals surface area contributed by atoms with Crippen molar-refractivity contribution in [2.45, 2.75) is 44.1 Å². The number of amides is 1. The van der Waals surface area contributed by atoms with Gasteiger partial charge in [0.05, 0.1) is 0 Å². The van der Waals surface area contributed by atoms with E-state index in [1.807, 2.05) is 7.05 Å². The number of carbonyl (C=O) groups is 1. The average Bonchev–Trinajstić information content (AvgIpc) is 2.48. The molecule has 3 nitrogen and oxygen atoms in total. The van der Waals surface area contributed by atoms with E-state index in [4.69, 9.17) is 0 Å². The molecule has 1 aromatic rings. The maximum atomic E-state index is 12.9. The number of nitrogens with zero attached hydrogens (tertiary/aromatic N) is 1. The van der Waals surface area contributed by atoms with Gasteiger partial charge >= 0.3 is 0 Å². The fraction of sp³-hybridized carbons (Fsp3) is 0.562. The van der Waals surface area contributed by atoms with Gasteiger partial charge in [-0.2, -0.15) is 0 Å². The number of hydrogen-bond acceptors (Lipinski definition) is 2. The maximum absolute atomic E-state index is 12.9. The molecule has 1 saturated carbocycles. The van der Waals surface area contributed by atoms with Gasteiger partial charge in [-0.25, -0.2) is 4.39 Å². The van der Waals surface area contributed by atoms with E-state index < -0.39 is 0 Å². The van der Waals surface area contributed by atoms with Gasteiger partial charge in [0.25, 0.3) is 0 Å². The summed E-state index contributed by atoms with van der Waals surface area (Å²) in [6, 6.07) is 6.04. The number of hydrogen-bond donors (Lipinski definition) is 1. The van der Waals surface area contributed by atoms with Gasteiger partial charge in [0.15, 0.2) is 0 Å². The molecule has 1 N–H and O–H groups in total. The summed E-state index contributed by atoms with van der Waals surface area (Å²) in [5.41, 5.74) is 0.669. The third-order valence-electron chi connectivity index (χ3n) is 4.42. The lowest BCUT2D eigenvalue weighted by molar-refractivity contribution is -0.120. The van der Waals surface area contributed by atoms with Crippen molar-refractivity contribution in [3.8, 4) is 0 Å². The first-order valence-corrected chi connectivity index (χ1v) is 7.27. The molecule has 4 heteroatoms. The first-order chi connectivity index (χ1) is 9.56. The lowest BCUT2D eigenvalue weighted by Crippen LogP contribution is -2.48. The molecular formula is C16H23FN2O. The zero-order valence-electron chi connectivity index (χ0n) is 12.3. The maximum Gasteiger partial charge on any atom is 0.228 e. The Morgan fingerprint density at radius 3 is 2.40 bits per heavy atom. The van der Waals surface area contributed by atoms with E-state index in [-0.39, 0.29) is 17.3 Å². The van der Waals surface area contributed by atoms with Crippen molar-refractivity contribution in [2.24, 2.45) is 0 Å². The van der Waals surface area contributed by atoms with Crippen LogP contribution in [0.2, 0.25) is 0 Å². The fourth-order valence-corrected chi connectivity index (χ4v) is 2.96. The highest BCUT2D eigenvalue weighted by Crippen LogP contribution is 2.31. The number of benzene rings is 1. The molecule has 1 aliphatic rings. The molecule has 110 valence electrons. The summed E-state index contributed by atoms with van der Waals surface area (Å²) in [6.45, 7) is 0. The van der Waals surface area contributed by atoms with E-state index in [9.17, 15) is 9.18 Å². The quantitative estimate of drug-likeness (QED) is 0.918. The van der Waals surface area contributed by atoms with Gasteiger partial charge in [-0.1, -0.05) is 19.3 Å². The second-order valence-electron chi connectivity index (χ2n) is 5.70. The summed E-state index contributed by atoms with van der Waals surface area (Å²) in [6.07, 6.45) is 6.20. The van der Waals surface area contributed by atoms with Gasteiger partial charge < -0.3 is 10.2 Å². The highest BCUT2D eigenvalue weighted by Gasteiger charge is 2.33. The highest BCUT2D eigenvalue weighted by molar-refractivity contribution is 5.93. The standard InChI is InChI=1S/C16H23FN2O/c1-18-16(10-4-3-5-11-16)12-15(20)19(2)14-8-6-13(17)7-9-14/h6-9,18H,3-5,10-12H2,1-2H3. The summed E-state index contributed by atoms with van der Waals surface area (Å²) in [4.78, 5) is 14.1. The van der Waals surface area contributed by atoms with Gasteiger partial charge in [0, 0.05) is 24.7 Å². The number of rotatable bonds is 4. The molecule has 1 amide bonds. The van der Waals surface area contributed by atoms with Crippen LogP contribution in [0.25, 0.3) is 0 Å². The molecule has 0 saturated heterocycles. The zero-order valence-corrected chi connectivity index (χ0v) is 12.3. The van der Waals surface area contributed by atoms with E-state index in [1.165, 1.54) is 31.4 Å². The molecule has 0 spiro atoms. The third kappa shape index (κ3) is 3.37. The predicted octanol–water partition coefficient (Wildman–Crippen LogP) is 3.10. The molecule has 0 aliphatic heterocycles. The van der Waals surface area contributed by atoms with Crippen LogP contribution in [0.1, 0.15) is 38.5 Å². The second-order valence-corrected chi connectivity index (χ2v) is 5.70. The van der Waals surface area contributed by atoms with Crippen molar-refractivity contribution in [1.82, 2.24) is 5.32 Å². The molecule has 0 aromatic heterocycles. The average molecular weight is 278 g/mol. The minimum atomic E-state index is -0.284. The van der Waals surface area contributed by atoms with Crippen molar-refractivity contribution < 1.29 is 9.18 Å². The van der Waals surface area contributed by atoms with Crippen molar-refractivity contribution >= 4 is 11.6 Å². The Kier molecular flexibility index (Phi) is 4.76. The van der Waals surface area contributed by atoms with Crippen LogP contribution in [0.4, 0.5) is 10.1 Å². The van der Waals surface area contributed by atoms with E-state index in [0.29, 0.717) is 6.42 Å². The van der Waals surface area contributed by atoms with Gasteiger partial charge in [-0.15, -0.1) is 0 Å². The minimum absolute atomic E-state index is 0.0658. The molecule has 0 atom stereocenters. The van der Waals surface area contributed by atoms with Crippen LogP contribution in [0.3, 0.4) is 0 Å². The molecule has 1 aliphatic carbocycles. The number of anilines is 1. The monoisotopic (exact) mass is 278 g/mol. The molecule has 20 heavy (non-hydrogen) atoms. The van der Waals surface area contributed by atoms with Crippen molar-refractivity contribution in [3.05, 3.63) is 30.1 Å². The van der Waals surface area contributed by atoms with Crippen LogP contribution < -0.4 is 10.2 Å². The molecule has 1 aromatic carbocycles. The van der Waals surface area contributed by atoms with Gasteiger partial charge in [0.1, 0.15) is 5.82 Å². The molecule has 0 radical (unpaired) electrons. The molecule has 0 bridgehead atoms. The molecule has 0 unspecified atom stereocenters. The predicted molar refractivity (Wildman–Crippen MR) is 79.3 cm³/mol. The molecule has 0 heterocycles. The van der Waals surface area contributed by atoms with Gasteiger partial charge in [0.2, 0.25) is 5.91 Å². The summed E-state index contributed by atoms with van der Waals surface area (Å²) in [5.74, 6) is -0.207. The molecule has 1 fully saturated rings. The van der Waals surface area contributed by atoms with Gasteiger partial charge in [-0.05, 0) is 44.2 Å². The van der Waals surface area contributed by atoms with E-state index in [0.717, 1.165) is 18.5 Å². The normalized spacial score (nSPS) is 17.8. The number of carbonyl (C=O) groups excluding carboxylic acids is 1. The summed E-state index contributed by atoms with van der Waals surface area (Å²) in [5, 5.41) is 3.36. The van der Waals surface area contributed by atoms with Crippen molar-refractivity contribution in [1.29, 1.82) is 0 Å². The molecule has 2 rings (SSSR count). The van der Waals surface area contributed by atoms with Crippen LogP contribution >= 0.6 is 0 Å². The Morgan fingerprint density at radius 1 is 1.25 bits per heavy atom. The highest BCUT2D eigenvalue weighted by atomic mass is 19.1. The lowest BCUT2D eigenvalue weighted by atomic mass is 9.79. The third-order valence-corrected chi connectivity index (χ3v) is 4.42. The lowest BCUT2D eigenvalue weighted by Gasteiger charge is -2.37. The summed E-state index contributed by atoms with van der Waals surface area (Å²) < 4.78 is 12.9. The van der Waals surface area contributed by atoms with Crippen LogP contribution in [0, 0.1) is 5.82 Å². The Morgan fingerprint density at radius 2 is 1.85 bits per heavy atom. The Bertz CT molecular complexity index is 452. The van der Waals surface area contributed by atoms with Crippen LogP contribution in [-0.4, -0.2) is 25.5 Å². The fourth-order valence-electron chi connectivity index (χ4n) is 2.96. The Balaban J connectivity index is 2.04.